The number of aliphatic hydroxyl groups excluding tert-OH is 1. The molecule has 0 heterocycles. The third-order valence-electron chi connectivity index (χ3n) is 14.6. The van der Waals surface area contributed by atoms with Gasteiger partial charge >= 0.3 is 39.5 Å². The first-order chi connectivity index (χ1) is 44.7. The number of rotatable bonds is 66. The van der Waals surface area contributed by atoms with Gasteiger partial charge in [-0.1, -0.05) is 253 Å². The first-order valence-electron chi connectivity index (χ1n) is 35.5. The molecule has 0 aliphatic heterocycles. The summed E-state index contributed by atoms with van der Waals surface area (Å²) < 4.78 is 68.1. The van der Waals surface area contributed by atoms with E-state index in [-0.39, 0.29) is 25.7 Å². The fourth-order valence-corrected chi connectivity index (χ4v) is 10.7. The van der Waals surface area contributed by atoms with Crippen molar-refractivity contribution in [2.75, 3.05) is 39.6 Å². The second-order valence-electron chi connectivity index (χ2n) is 23.5. The number of hydrogen-bond donors (Lipinski definition) is 3. The van der Waals surface area contributed by atoms with Gasteiger partial charge in [-0.2, -0.15) is 0 Å². The van der Waals surface area contributed by atoms with E-state index in [0.29, 0.717) is 25.7 Å². The third-order valence-corrected chi connectivity index (χ3v) is 16.5. The van der Waals surface area contributed by atoms with Crippen molar-refractivity contribution in [3.05, 3.63) is 97.2 Å². The Morgan fingerprint density at radius 2 is 0.620 bits per heavy atom. The SMILES string of the molecule is CC/C=C\C/C=C\C/C=C\C/C=C\C/C=C\CC(=O)OCC(COP(=O)(O)OCC(O)COP(=O)(O)OCC(COC(=O)CCCCCCC/C=C\CCCC)OC(=O)CCCCCCCCCCCCC)OC(=O)CCCCCCC/C=C\C/C=C\CCCCC. The first-order valence-corrected chi connectivity index (χ1v) is 38.5. The molecule has 5 atom stereocenters. The minimum atomic E-state index is -4.99. The number of ether oxygens (including phenoxy) is 4. The topological polar surface area (TPSA) is 237 Å². The molecule has 0 aliphatic rings. The van der Waals surface area contributed by atoms with Gasteiger partial charge in [0.15, 0.2) is 12.2 Å². The largest absolute Gasteiger partial charge is 0.472 e. The smallest absolute Gasteiger partial charge is 0.462 e. The summed E-state index contributed by atoms with van der Waals surface area (Å²) in [4.78, 5) is 72.5. The normalized spacial score (nSPS) is 14.6. The Hall–Kier alpha value is -4.02. The van der Waals surface area contributed by atoms with Crippen LogP contribution in [0.15, 0.2) is 97.2 Å². The highest BCUT2D eigenvalue weighted by atomic mass is 31.2. The number of phosphoric acid groups is 2. The van der Waals surface area contributed by atoms with Crippen LogP contribution in [-0.2, 0) is 65.4 Å². The number of esters is 4. The Bertz CT molecular complexity index is 2130. The van der Waals surface area contributed by atoms with Crippen molar-refractivity contribution in [3.8, 4) is 0 Å². The molecule has 0 radical (unpaired) electrons. The number of carbonyl (C=O) groups excluding carboxylic acids is 4. The number of carbonyl (C=O) groups is 4. The van der Waals surface area contributed by atoms with Crippen molar-refractivity contribution in [3.63, 3.8) is 0 Å². The average Bonchev–Trinajstić information content (AvgIpc) is 2.93. The number of hydrogen-bond acceptors (Lipinski definition) is 15. The summed E-state index contributed by atoms with van der Waals surface area (Å²) in [5.41, 5.74) is 0. The second kappa shape index (κ2) is 65.6. The predicted octanol–water partition coefficient (Wildman–Crippen LogP) is 19.7. The van der Waals surface area contributed by atoms with Crippen LogP contribution in [0.4, 0.5) is 0 Å². The maximum absolute atomic E-state index is 13.0. The van der Waals surface area contributed by atoms with E-state index in [1.54, 1.807) is 6.08 Å². The number of allylic oxidation sites excluding steroid dienone is 15. The van der Waals surface area contributed by atoms with E-state index in [4.69, 9.17) is 37.0 Å². The minimum Gasteiger partial charge on any atom is -0.462 e. The zero-order valence-corrected chi connectivity index (χ0v) is 59.2. The van der Waals surface area contributed by atoms with Gasteiger partial charge in [0.25, 0.3) is 0 Å². The lowest BCUT2D eigenvalue weighted by Gasteiger charge is -2.21. The Balaban J connectivity index is 5.40. The van der Waals surface area contributed by atoms with Crippen LogP contribution in [0.3, 0.4) is 0 Å². The van der Waals surface area contributed by atoms with Gasteiger partial charge in [0.2, 0.25) is 0 Å². The lowest BCUT2D eigenvalue weighted by Crippen LogP contribution is -2.30. The maximum atomic E-state index is 13.0. The summed E-state index contributed by atoms with van der Waals surface area (Å²) >= 11 is 0. The second-order valence-corrected chi connectivity index (χ2v) is 26.4. The Kier molecular flexibility index (Phi) is 62.8. The highest BCUT2D eigenvalue weighted by molar-refractivity contribution is 7.47. The van der Waals surface area contributed by atoms with Crippen LogP contribution in [0.25, 0.3) is 0 Å². The predicted molar refractivity (Wildman–Crippen MR) is 372 cm³/mol. The van der Waals surface area contributed by atoms with Gasteiger partial charge in [0, 0.05) is 19.3 Å². The van der Waals surface area contributed by atoms with E-state index in [1.807, 2.05) is 18.2 Å². The Morgan fingerprint density at radius 1 is 0.326 bits per heavy atom. The van der Waals surface area contributed by atoms with E-state index in [0.717, 1.165) is 135 Å². The Labute approximate surface area is 557 Å². The zero-order chi connectivity index (χ0) is 67.5. The molecule has 0 aromatic rings. The van der Waals surface area contributed by atoms with Gasteiger partial charge in [0.05, 0.1) is 32.8 Å². The molecule has 5 unspecified atom stereocenters. The lowest BCUT2D eigenvalue weighted by atomic mass is 10.1. The highest BCUT2D eigenvalue weighted by Gasteiger charge is 2.30. The van der Waals surface area contributed by atoms with Crippen LogP contribution in [0.2, 0.25) is 0 Å². The maximum Gasteiger partial charge on any atom is 0.472 e. The fraction of sp³-hybridized carbons (Fsp3) is 0.726. The number of aliphatic hydroxyl groups is 1. The third kappa shape index (κ3) is 64.7. The van der Waals surface area contributed by atoms with Crippen LogP contribution in [0, 0.1) is 0 Å². The van der Waals surface area contributed by atoms with Crippen molar-refractivity contribution in [2.24, 2.45) is 0 Å². The molecule has 0 saturated carbocycles. The highest BCUT2D eigenvalue weighted by Crippen LogP contribution is 2.45. The minimum absolute atomic E-state index is 0.0593. The molecular formula is C73H126O17P2. The van der Waals surface area contributed by atoms with E-state index in [9.17, 15) is 43.2 Å². The van der Waals surface area contributed by atoms with Crippen molar-refractivity contribution in [1.29, 1.82) is 0 Å². The van der Waals surface area contributed by atoms with Crippen LogP contribution in [0.1, 0.15) is 285 Å². The molecule has 0 aromatic carbocycles. The number of phosphoric ester groups is 2. The van der Waals surface area contributed by atoms with E-state index in [1.165, 1.54) is 70.6 Å². The molecule has 0 amide bonds. The monoisotopic (exact) mass is 1340 g/mol. The molecular weight excluding hydrogens is 1210 g/mol. The lowest BCUT2D eigenvalue weighted by molar-refractivity contribution is -0.161. The molecule has 0 spiro atoms. The summed E-state index contributed by atoms with van der Waals surface area (Å²) in [6.45, 7) is 4.53. The molecule has 0 fully saturated rings. The van der Waals surface area contributed by atoms with Crippen LogP contribution >= 0.6 is 15.6 Å². The molecule has 530 valence electrons. The fourth-order valence-electron chi connectivity index (χ4n) is 9.13. The molecule has 0 aliphatic carbocycles. The summed E-state index contributed by atoms with van der Waals surface area (Å²) in [7, 11) is -9.96. The van der Waals surface area contributed by atoms with Gasteiger partial charge in [-0.15, -0.1) is 0 Å². The Morgan fingerprint density at radius 3 is 1.03 bits per heavy atom. The molecule has 0 bridgehead atoms. The molecule has 3 N–H and O–H groups in total. The molecule has 17 nitrogen and oxygen atoms in total. The van der Waals surface area contributed by atoms with Gasteiger partial charge in [-0.25, -0.2) is 9.13 Å². The van der Waals surface area contributed by atoms with Crippen molar-refractivity contribution in [2.45, 2.75) is 303 Å². The summed E-state index contributed by atoms with van der Waals surface area (Å²) in [6.07, 6.45) is 66.0. The molecule has 0 rings (SSSR count). The first kappa shape index (κ1) is 88.0. The van der Waals surface area contributed by atoms with Gasteiger partial charge in [-0.3, -0.25) is 37.3 Å². The van der Waals surface area contributed by atoms with Crippen LogP contribution < -0.4 is 0 Å². The van der Waals surface area contributed by atoms with Gasteiger partial charge in [0.1, 0.15) is 19.3 Å². The van der Waals surface area contributed by atoms with Crippen molar-refractivity contribution in [1.82, 2.24) is 0 Å². The van der Waals surface area contributed by atoms with Crippen molar-refractivity contribution >= 4 is 39.5 Å². The van der Waals surface area contributed by atoms with E-state index < -0.39 is 97.5 Å². The van der Waals surface area contributed by atoms with Gasteiger partial charge in [-0.05, 0) is 103 Å². The average molecular weight is 1340 g/mol. The summed E-state index contributed by atoms with van der Waals surface area (Å²) in [6, 6.07) is 0. The molecule has 92 heavy (non-hydrogen) atoms. The van der Waals surface area contributed by atoms with Gasteiger partial charge < -0.3 is 33.8 Å². The van der Waals surface area contributed by atoms with E-state index in [2.05, 4.69) is 101 Å². The number of unbranched alkanes of at least 4 members (excludes halogenated alkanes) is 25. The standard InChI is InChI=1S/C73H126O17P2/c1-5-9-13-17-21-25-29-31-33-35-39-42-46-50-54-58-71(76)84-64-69(90-73(78)60-56-52-48-44-40-36-34-32-30-26-22-18-14-10-6-2)66-88-92(81,82)86-62-67(74)61-85-91(79,80)87-65-68(89-72(77)59-55-51-47-43-38-28-24-20-16-12-8-4)63-83-70(75)57-53-49-45-41-37-27-23-19-15-11-7-3/h9,13,19,21-23,25-26,31-34,39,42,50,54,67-69,74H,5-8,10-12,14-18,20,24,27-30,35-38,40-41,43-49,51-53,55-66H2,1-4H3,(H,79,80)(H,81,82)/b13-9-,23-19-,25-21-,26-22-,33-31-,34-32-,42-39-,54-50-. The van der Waals surface area contributed by atoms with E-state index >= 15 is 0 Å². The zero-order valence-electron chi connectivity index (χ0n) is 57.4. The van der Waals surface area contributed by atoms with Crippen molar-refractivity contribution < 1.29 is 80.2 Å². The summed E-state index contributed by atoms with van der Waals surface area (Å²) in [5.74, 6) is -2.34. The molecule has 0 aromatic heterocycles. The van der Waals surface area contributed by atoms with Crippen LogP contribution in [0.5, 0.6) is 0 Å². The summed E-state index contributed by atoms with van der Waals surface area (Å²) in [5, 5.41) is 10.6. The quantitative estimate of drug-likeness (QED) is 0.0169. The van der Waals surface area contributed by atoms with Crippen LogP contribution in [-0.4, -0.2) is 96.7 Å². The molecule has 0 saturated heterocycles. The molecule has 19 heteroatoms.